The molecule has 0 aromatic heterocycles. The lowest BCUT2D eigenvalue weighted by Gasteiger charge is -2.24. The van der Waals surface area contributed by atoms with Crippen LogP contribution in [0.2, 0.25) is 10.0 Å². The zero-order valence-corrected chi connectivity index (χ0v) is 13.9. The minimum Gasteiger partial charge on any atom is -0.469 e. The van der Waals surface area contributed by atoms with Crippen molar-refractivity contribution < 1.29 is 9.53 Å². The highest BCUT2D eigenvalue weighted by Crippen LogP contribution is 2.35. The quantitative estimate of drug-likeness (QED) is 0.656. The number of ether oxygens (including phenoxy) is 1. The fourth-order valence-electron chi connectivity index (χ4n) is 3.20. The first-order valence-corrected chi connectivity index (χ1v) is 8.40. The molecule has 1 aromatic carbocycles. The van der Waals surface area contributed by atoms with Crippen molar-refractivity contribution in [3.63, 3.8) is 0 Å². The van der Waals surface area contributed by atoms with Crippen molar-refractivity contribution in [3.05, 3.63) is 33.8 Å². The van der Waals surface area contributed by atoms with Crippen molar-refractivity contribution in [1.82, 2.24) is 0 Å². The van der Waals surface area contributed by atoms with Crippen LogP contribution in [0.15, 0.2) is 18.2 Å². The summed E-state index contributed by atoms with van der Waals surface area (Å²) in [5.41, 5.74) is 0.823. The standard InChI is InChI=1S/C17H22Cl2O2/c1-21-17(20)15(9-7-12-5-3-2-4-6-12)14-10-8-13(18)11-16(14)19/h8,10-12,15H,2-7,9H2,1H3. The summed E-state index contributed by atoms with van der Waals surface area (Å²) < 4.78 is 4.96. The van der Waals surface area contributed by atoms with Gasteiger partial charge in [-0.3, -0.25) is 4.79 Å². The van der Waals surface area contributed by atoms with Gasteiger partial charge in [0.2, 0.25) is 0 Å². The summed E-state index contributed by atoms with van der Waals surface area (Å²) in [5.74, 6) is 0.230. The third kappa shape index (κ3) is 4.62. The van der Waals surface area contributed by atoms with E-state index in [4.69, 9.17) is 27.9 Å². The largest absolute Gasteiger partial charge is 0.469 e. The topological polar surface area (TPSA) is 26.3 Å². The zero-order chi connectivity index (χ0) is 15.2. The van der Waals surface area contributed by atoms with Crippen LogP contribution in [0.4, 0.5) is 0 Å². The van der Waals surface area contributed by atoms with Crippen LogP contribution < -0.4 is 0 Å². The summed E-state index contributed by atoms with van der Waals surface area (Å²) in [6.45, 7) is 0. The van der Waals surface area contributed by atoms with Crippen LogP contribution in [0.5, 0.6) is 0 Å². The molecule has 1 saturated carbocycles. The van der Waals surface area contributed by atoms with Gasteiger partial charge in [-0.15, -0.1) is 0 Å². The predicted molar refractivity (Wildman–Crippen MR) is 87.0 cm³/mol. The molecule has 1 aromatic rings. The molecule has 1 fully saturated rings. The molecule has 2 rings (SSSR count). The van der Waals surface area contributed by atoms with Crippen LogP contribution >= 0.6 is 23.2 Å². The molecule has 116 valence electrons. The van der Waals surface area contributed by atoms with E-state index in [0.717, 1.165) is 24.3 Å². The number of methoxy groups -OCH3 is 1. The Bertz CT molecular complexity index is 482. The van der Waals surface area contributed by atoms with Crippen LogP contribution in [0, 0.1) is 5.92 Å². The Balaban J connectivity index is 2.08. The first-order chi connectivity index (χ1) is 10.1. The first-order valence-electron chi connectivity index (χ1n) is 7.64. The molecule has 1 aliphatic carbocycles. The maximum Gasteiger partial charge on any atom is 0.313 e. The van der Waals surface area contributed by atoms with Crippen LogP contribution in [-0.2, 0) is 9.53 Å². The molecule has 0 saturated heterocycles. The summed E-state index contributed by atoms with van der Waals surface area (Å²) in [6.07, 6.45) is 8.38. The van der Waals surface area contributed by atoms with Gasteiger partial charge in [-0.05, 0) is 36.5 Å². The molecule has 0 bridgehead atoms. The Morgan fingerprint density at radius 1 is 1.29 bits per heavy atom. The normalized spacial score (nSPS) is 17.5. The molecule has 21 heavy (non-hydrogen) atoms. The third-order valence-corrected chi connectivity index (χ3v) is 4.97. The van der Waals surface area contributed by atoms with Gasteiger partial charge in [-0.25, -0.2) is 0 Å². The first kappa shape index (κ1) is 16.6. The van der Waals surface area contributed by atoms with Crippen molar-refractivity contribution in [2.75, 3.05) is 7.11 Å². The van der Waals surface area contributed by atoms with Crippen LogP contribution in [-0.4, -0.2) is 13.1 Å². The molecular weight excluding hydrogens is 307 g/mol. The predicted octanol–water partition coefficient (Wildman–Crippen LogP) is 5.61. The highest BCUT2D eigenvalue weighted by Gasteiger charge is 2.25. The van der Waals surface area contributed by atoms with Gasteiger partial charge in [0.15, 0.2) is 0 Å². The van der Waals surface area contributed by atoms with Gasteiger partial charge < -0.3 is 4.74 Å². The second-order valence-electron chi connectivity index (χ2n) is 5.82. The molecule has 0 amide bonds. The molecule has 0 N–H and O–H groups in total. The van der Waals surface area contributed by atoms with E-state index < -0.39 is 0 Å². The highest BCUT2D eigenvalue weighted by atomic mass is 35.5. The van der Waals surface area contributed by atoms with E-state index in [1.807, 2.05) is 6.07 Å². The Morgan fingerprint density at radius 3 is 2.62 bits per heavy atom. The number of hydrogen-bond acceptors (Lipinski definition) is 2. The lowest BCUT2D eigenvalue weighted by molar-refractivity contribution is -0.142. The maximum absolute atomic E-state index is 12.1. The molecule has 0 spiro atoms. The number of rotatable bonds is 5. The number of carbonyl (C=O) groups is 1. The van der Waals surface area contributed by atoms with E-state index in [9.17, 15) is 4.79 Å². The van der Waals surface area contributed by atoms with Gasteiger partial charge in [0.05, 0.1) is 13.0 Å². The van der Waals surface area contributed by atoms with E-state index >= 15 is 0 Å². The van der Waals surface area contributed by atoms with Crippen molar-refractivity contribution in [2.24, 2.45) is 5.92 Å². The van der Waals surface area contributed by atoms with Gasteiger partial charge in [0.25, 0.3) is 0 Å². The minimum atomic E-state index is -0.290. The minimum absolute atomic E-state index is 0.213. The molecule has 0 aliphatic heterocycles. The van der Waals surface area contributed by atoms with Gasteiger partial charge in [-0.1, -0.05) is 61.4 Å². The fourth-order valence-corrected chi connectivity index (χ4v) is 3.75. The SMILES string of the molecule is COC(=O)C(CCC1CCCCC1)c1ccc(Cl)cc1Cl. The van der Waals surface area contributed by atoms with E-state index in [1.54, 1.807) is 12.1 Å². The molecule has 1 atom stereocenters. The molecule has 0 heterocycles. The Kier molecular flexibility index (Phi) is 6.38. The van der Waals surface area contributed by atoms with E-state index in [-0.39, 0.29) is 11.9 Å². The second kappa shape index (κ2) is 8.05. The summed E-state index contributed by atoms with van der Waals surface area (Å²) in [4.78, 5) is 12.1. The summed E-state index contributed by atoms with van der Waals surface area (Å²) in [5, 5.41) is 1.13. The summed E-state index contributed by atoms with van der Waals surface area (Å²) in [7, 11) is 1.43. The number of halogens is 2. The second-order valence-corrected chi connectivity index (χ2v) is 6.67. The molecule has 1 unspecified atom stereocenters. The van der Waals surface area contributed by atoms with Crippen LogP contribution in [0.3, 0.4) is 0 Å². The Morgan fingerprint density at radius 2 is 2.00 bits per heavy atom. The fraction of sp³-hybridized carbons (Fsp3) is 0.588. The molecule has 0 radical (unpaired) electrons. The summed E-state index contributed by atoms with van der Waals surface area (Å²) >= 11 is 12.2. The zero-order valence-electron chi connectivity index (χ0n) is 12.4. The van der Waals surface area contributed by atoms with Gasteiger partial charge in [-0.2, -0.15) is 0 Å². The van der Waals surface area contributed by atoms with E-state index in [1.165, 1.54) is 39.2 Å². The average Bonchev–Trinajstić information content (AvgIpc) is 2.50. The molecule has 1 aliphatic rings. The Hall–Kier alpha value is -0.730. The number of esters is 1. The van der Waals surface area contributed by atoms with Gasteiger partial charge in [0.1, 0.15) is 0 Å². The lowest BCUT2D eigenvalue weighted by Crippen LogP contribution is -2.17. The monoisotopic (exact) mass is 328 g/mol. The molecular formula is C17H22Cl2O2. The van der Waals surface area contributed by atoms with Gasteiger partial charge in [0, 0.05) is 10.0 Å². The number of carbonyl (C=O) groups excluding carboxylic acids is 1. The Labute approximate surface area is 136 Å². The van der Waals surface area contributed by atoms with Crippen LogP contribution in [0.25, 0.3) is 0 Å². The van der Waals surface area contributed by atoms with Crippen molar-refractivity contribution in [2.45, 2.75) is 50.9 Å². The molecule has 2 nitrogen and oxygen atoms in total. The van der Waals surface area contributed by atoms with E-state index in [0.29, 0.717) is 10.0 Å². The van der Waals surface area contributed by atoms with Crippen molar-refractivity contribution in [1.29, 1.82) is 0 Å². The highest BCUT2D eigenvalue weighted by molar-refractivity contribution is 6.35. The number of benzene rings is 1. The molecule has 4 heteroatoms. The average molecular weight is 329 g/mol. The van der Waals surface area contributed by atoms with E-state index in [2.05, 4.69) is 0 Å². The smallest absolute Gasteiger partial charge is 0.313 e. The van der Waals surface area contributed by atoms with Crippen molar-refractivity contribution in [3.8, 4) is 0 Å². The summed E-state index contributed by atoms with van der Waals surface area (Å²) in [6, 6.07) is 5.31. The van der Waals surface area contributed by atoms with Crippen LogP contribution in [0.1, 0.15) is 56.4 Å². The maximum atomic E-state index is 12.1. The van der Waals surface area contributed by atoms with Gasteiger partial charge >= 0.3 is 5.97 Å². The van der Waals surface area contributed by atoms with Crippen molar-refractivity contribution >= 4 is 29.2 Å². The lowest BCUT2D eigenvalue weighted by atomic mass is 9.83. The number of hydrogen-bond donors (Lipinski definition) is 0. The third-order valence-electron chi connectivity index (χ3n) is 4.41.